The van der Waals surface area contributed by atoms with E-state index >= 15 is 0 Å². The highest BCUT2D eigenvalue weighted by Gasteiger charge is 2.53. The molecule has 2 aromatic rings. The van der Waals surface area contributed by atoms with E-state index in [4.69, 9.17) is 27.9 Å². The van der Waals surface area contributed by atoms with Crippen LogP contribution >= 0.6 is 23.2 Å². The minimum Gasteiger partial charge on any atom is -0.353 e. The molecule has 32 heavy (non-hydrogen) atoms. The van der Waals surface area contributed by atoms with Crippen molar-refractivity contribution in [2.24, 2.45) is 5.92 Å². The van der Waals surface area contributed by atoms with Crippen molar-refractivity contribution in [1.29, 1.82) is 0 Å². The topological polar surface area (TPSA) is 58.6 Å². The molecule has 7 heteroatoms. The summed E-state index contributed by atoms with van der Waals surface area (Å²) in [6, 6.07) is 13.7. The van der Waals surface area contributed by atoms with Crippen molar-refractivity contribution in [3.8, 4) is 0 Å². The van der Waals surface area contributed by atoms with Gasteiger partial charge in [-0.05, 0) is 62.3 Å². The van der Waals surface area contributed by atoms with Crippen LogP contribution in [-0.2, 0) is 9.53 Å². The lowest BCUT2D eigenvalue weighted by molar-refractivity contribution is -0.128. The van der Waals surface area contributed by atoms with Crippen LogP contribution < -0.4 is 5.32 Å². The summed E-state index contributed by atoms with van der Waals surface area (Å²) in [5, 5.41) is 3.76. The van der Waals surface area contributed by atoms with Gasteiger partial charge in [-0.1, -0.05) is 60.5 Å². The molecule has 170 valence electrons. The highest BCUT2D eigenvalue weighted by Crippen LogP contribution is 2.43. The Balaban J connectivity index is 1.62. The van der Waals surface area contributed by atoms with Gasteiger partial charge >= 0.3 is 0 Å². The molecule has 1 spiro atoms. The molecule has 1 aliphatic carbocycles. The predicted molar refractivity (Wildman–Crippen MR) is 126 cm³/mol. The number of rotatable bonds is 4. The van der Waals surface area contributed by atoms with Crippen molar-refractivity contribution >= 4 is 35.0 Å². The van der Waals surface area contributed by atoms with Crippen LogP contribution in [0.5, 0.6) is 0 Å². The lowest BCUT2D eigenvalue weighted by Gasteiger charge is -2.43. The van der Waals surface area contributed by atoms with Crippen LogP contribution in [0.2, 0.25) is 10.0 Å². The molecular weight excluding hydrogens is 447 g/mol. The number of nitrogens with one attached hydrogen (secondary N) is 1. The van der Waals surface area contributed by atoms with E-state index < -0.39 is 11.8 Å². The number of hydrogen-bond acceptors (Lipinski definition) is 3. The Morgan fingerprint density at radius 2 is 1.78 bits per heavy atom. The quantitative estimate of drug-likeness (QED) is 0.625. The minimum absolute atomic E-state index is 0.175. The summed E-state index contributed by atoms with van der Waals surface area (Å²) in [6.07, 6.45) is 3.30. The zero-order valence-electron chi connectivity index (χ0n) is 18.3. The molecule has 1 N–H and O–H groups in total. The second-order valence-electron chi connectivity index (χ2n) is 8.90. The summed E-state index contributed by atoms with van der Waals surface area (Å²) in [5.41, 5.74) is 0.633. The van der Waals surface area contributed by atoms with Gasteiger partial charge in [-0.15, -0.1) is 0 Å². The van der Waals surface area contributed by atoms with Gasteiger partial charge in [0, 0.05) is 5.56 Å². The fourth-order valence-electron chi connectivity index (χ4n) is 4.68. The van der Waals surface area contributed by atoms with Crippen molar-refractivity contribution in [2.75, 3.05) is 6.61 Å². The molecule has 2 fully saturated rings. The van der Waals surface area contributed by atoms with Gasteiger partial charge in [0.05, 0.1) is 22.7 Å². The monoisotopic (exact) mass is 474 g/mol. The van der Waals surface area contributed by atoms with Crippen LogP contribution in [0.4, 0.5) is 0 Å². The molecular formula is C25H28Cl2N2O3. The maximum Gasteiger partial charge on any atom is 0.256 e. The zero-order valence-corrected chi connectivity index (χ0v) is 19.8. The first kappa shape index (κ1) is 23.1. The van der Waals surface area contributed by atoms with Crippen LogP contribution in [0.25, 0.3) is 0 Å². The van der Waals surface area contributed by atoms with Gasteiger partial charge in [0.2, 0.25) is 5.91 Å². The van der Waals surface area contributed by atoms with E-state index in [-0.39, 0.29) is 24.5 Å². The molecule has 2 amide bonds. The van der Waals surface area contributed by atoms with E-state index in [1.807, 2.05) is 37.3 Å². The predicted octanol–water partition coefficient (Wildman–Crippen LogP) is 5.62. The third kappa shape index (κ3) is 4.52. The summed E-state index contributed by atoms with van der Waals surface area (Å²) < 4.78 is 6.25. The molecule has 0 aromatic heterocycles. The summed E-state index contributed by atoms with van der Waals surface area (Å²) >= 11 is 12.2. The van der Waals surface area contributed by atoms with Crippen LogP contribution in [0.1, 0.15) is 61.5 Å². The maximum atomic E-state index is 13.7. The summed E-state index contributed by atoms with van der Waals surface area (Å²) in [4.78, 5) is 28.7. The molecule has 1 saturated carbocycles. The summed E-state index contributed by atoms with van der Waals surface area (Å²) in [6.45, 7) is 4.32. The standard InChI is InChI=1S/C25H28Cl2N2O3/c1-16-10-12-25(13-11-16)29(24(31)19-8-9-20(26)21(27)14-19)22(15-32-25)23(30)28-17(2)18-6-4-3-5-7-18/h3-9,14,16-17,22H,10-13,15H2,1-2H3,(H,28,30)/t16?,17-,22-,25?/m0/s1. The SMILES string of the molecule is CC1CCC2(CC1)OC[C@@H](C(=O)N[C@@H](C)c1ccccc1)N2C(=O)c1ccc(Cl)c(Cl)c1. The van der Waals surface area contributed by atoms with Gasteiger partial charge in [0.1, 0.15) is 11.8 Å². The first-order valence-electron chi connectivity index (χ1n) is 11.1. The molecule has 1 heterocycles. The van der Waals surface area contributed by atoms with Crippen LogP contribution in [-0.4, -0.2) is 35.1 Å². The van der Waals surface area contributed by atoms with E-state index in [0.717, 1.165) is 18.4 Å². The summed E-state index contributed by atoms with van der Waals surface area (Å²) in [7, 11) is 0. The lowest BCUT2D eigenvalue weighted by Crippen LogP contribution is -2.57. The Morgan fingerprint density at radius 3 is 2.44 bits per heavy atom. The van der Waals surface area contributed by atoms with Gasteiger partial charge in [-0.2, -0.15) is 0 Å². The number of amides is 2. The number of carbonyl (C=O) groups excluding carboxylic acids is 2. The number of benzene rings is 2. The normalized spacial score (nSPS) is 26.2. The number of ether oxygens (including phenoxy) is 1. The van der Waals surface area contributed by atoms with Crippen molar-refractivity contribution in [1.82, 2.24) is 10.2 Å². The first-order valence-corrected chi connectivity index (χ1v) is 11.8. The largest absolute Gasteiger partial charge is 0.353 e. The van der Waals surface area contributed by atoms with E-state index in [1.165, 1.54) is 0 Å². The average molecular weight is 475 g/mol. The van der Waals surface area contributed by atoms with Crippen molar-refractivity contribution < 1.29 is 14.3 Å². The molecule has 0 bridgehead atoms. The van der Waals surface area contributed by atoms with Crippen LogP contribution in [0.15, 0.2) is 48.5 Å². The zero-order chi connectivity index (χ0) is 22.9. The molecule has 1 aliphatic heterocycles. The Morgan fingerprint density at radius 1 is 1.09 bits per heavy atom. The molecule has 0 unspecified atom stereocenters. The number of nitrogens with zero attached hydrogens (tertiary/aromatic N) is 1. The van der Waals surface area contributed by atoms with E-state index in [1.54, 1.807) is 23.1 Å². The molecule has 0 radical (unpaired) electrons. The highest BCUT2D eigenvalue weighted by atomic mass is 35.5. The molecule has 2 aromatic carbocycles. The molecule has 4 rings (SSSR count). The van der Waals surface area contributed by atoms with Crippen molar-refractivity contribution in [3.05, 3.63) is 69.7 Å². The number of carbonyl (C=O) groups is 2. The Bertz CT molecular complexity index is 990. The first-order chi connectivity index (χ1) is 15.3. The van der Waals surface area contributed by atoms with E-state index in [0.29, 0.717) is 34.4 Å². The maximum absolute atomic E-state index is 13.7. The smallest absolute Gasteiger partial charge is 0.256 e. The number of halogens is 2. The van der Waals surface area contributed by atoms with Crippen molar-refractivity contribution in [2.45, 2.75) is 57.3 Å². The summed E-state index contributed by atoms with van der Waals surface area (Å²) in [5.74, 6) is 0.0885. The van der Waals surface area contributed by atoms with Crippen LogP contribution in [0, 0.1) is 5.92 Å². The fourth-order valence-corrected chi connectivity index (χ4v) is 4.98. The molecule has 5 nitrogen and oxygen atoms in total. The van der Waals surface area contributed by atoms with E-state index in [2.05, 4.69) is 12.2 Å². The third-order valence-corrected chi connectivity index (χ3v) is 7.40. The van der Waals surface area contributed by atoms with Gasteiger partial charge in [-0.3, -0.25) is 14.5 Å². The van der Waals surface area contributed by atoms with Gasteiger partial charge in [0.25, 0.3) is 5.91 Å². The fraction of sp³-hybridized carbons (Fsp3) is 0.440. The third-order valence-electron chi connectivity index (χ3n) is 6.66. The van der Waals surface area contributed by atoms with Crippen LogP contribution in [0.3, 0.4) is 0 Å². The average Bonchev–Trinajstić information content (AvgIpc) is 3.16. The lowest BCUT2D eigenvalue weighted by atomic mass is 9.83. The Labute approximate surface area is 199 Å². The molecule has 2 aliphatic rings. The van der Waals surface area contributed by atoms with Gasteiger partial charge in [0.15, 0.2) is 0 Å². The van der Waals surface area contributed by atoms with Gasteiger partial charge in [-0.25, -0.2) is 0 Å². The highest BCUT2D eigenvalue weighted by molar-refractivity contribution is 6.42. The second kappa shape index (κ2) is 9.42. The molecule has 1 saturated heterocycles. The minimum atomic E-state index is -0.770. The Kier molecular flexibility index (Phi) is 6.80. The second-order valence-corrected chi connectivity index (χ2v) is 9.71. The van der Waals surface area contributed by atoms with Crippen molar-refractivity contribution in [3.63, 3.8) is 0 Å². The molecule has 2 atom stereocenters. The number of hydrogen-bond donors (Lipinski definition) is 1. The Hall–Kier alpha value is -2.08. The van der Waals surface area contributed by atoms with E-state index in [9.17, 15) is 9.59 Å². The van der Waals surface area contributed by atoms with Gasteiger partial charge < -0.3 is 10.1 Å².